The third-order valence-corrected chi connectivity index (χ3v) is 6.44. The minimum Gasteiger partial charge on any atom is -0.303 e. The average molecular weight is 282 g/mol. The summed E-state index contributed by atoms with van der Waals surface area (Å²) >= 11 is 4.60. The van der Waals surface area contributed by atoms with E-state index in [0.29, 0.717) is 5.41 Å². The summed E-state index contributed by atoms with van der Waals surface area (Å²) in [4.78, 5) is 5.51. The highest BCUT2D eigenvalue weighted by molar-refractivity contribution is 7.80. The second kappa shape index (κ2) is 6.36. The molecule has 19 heavy (non-hydrogen) atoms. The molecular weight excluding hydrogens is 252 g/mol. The lowest BCUT2D eigenvalue weighted by Gasteiger charge is -2.47. The quantitative estimate of drug-likeness (QED) is 0.792. The fourth-order valence-electron chi connectivity index (χ4n) is 4.24. The molecule has 3 aliphatic rings. The Balaban J connectivity index is 1.44. The van der Waals surface area contributed by atoms with Crippen molar-refractivity contribution in [2.24, 2.45) is 5.41 Å². The van der Waals surface area contributed by atoms with E-state index in [4.69, 9.17) is 0 Å². The van der Waals surface area contributed by atoms with Crippen LogP contribution in [0.4, 0.5) is 0 Å². The van der Waals surface area contributed by atoms with Gasteiger partial charge in [0, 0.05) is 12.6 Å². The fourth-order valence-corrected chi connectivity index (χ4v) is 4.66. The summed E-state index contributed by atoms with van der Waals surface area (Å²) < 4.78 is 0. The zero-order valence-electron chi connectivity index (χ0n) is 12.3. The lowest BCUT2D eigenvalue weighted by atomic mass is 9.69. The first-order valence-corrected chi connectivity index (χ1v) is 9.02. The van der Waals surface area contributed by atoms with Gasteiger partial charge in [0.1, 0.15) is 0 Å². The van der Waals surface area contributed by atoms with Crippen molar-refractivity contribution in [3.8, 4) is 0 Å². The fraction of sp³-hybridized carbons (Fsp3) is 1.00. The number of rotatable bonds is 4. The van der Waals surface area contributed by atoms with E-state index in [2.05, 4.69) is 22.4 Å². The molecule has 0 unspecified atom stereocenters. The number of nitrogens with zero attached hydrogens (tertiary/aromatic N) is 2. The van der Waals surface area contributed by atoms with Crippen LogP contribution in [0.25, 0.3) is 0 Å². The van der Waals surface area contributed by atoms with Crippen LogP contribution in [-0.4, -0.2) is 54.3 Å². The van der Waals surface area contributed by atoms with Crippen molar-refractivity contribution >= 4 is 12.6 Å². The van der Waals surface area contributed by atoms with Crippen LogP contribution in [0.5, 0.6) is 0 Å². The molecule has 1 aliphatic carbocycles. The van der Waals surface area contributed by atoms with Gasteiger partial charge in [0.05, 0.1) is 0 Å². The molecule has 110 valence electrons. The Labute approximate surface area is 124 Å². The molecule has 0 bridgehead atoms. The summed E-state index contributed by atoms with van der Waals surface area (Å²) in [5, 5.41) is 0. The molecule has 0 N–H and O–H groups in total. The van der Waals surface area contributed by atoms with Gasteiger partial charge >= 0.3 is 0 Å². The maximum Gasteiger partial charge on any atom is 0.0120 e. The highest BCUT2D eigenvalue weighted by Gasteiger charge is 2.38. The number of thiol groups is 1. The van der Waals surface area contributed by atoms with Crippen molar-refractivity contribution in [1.82, 2.24) is 9.80 Å². The smallest absolute Gasteiger partial charge is 0.0120 e. The summed E-state index contributed by atoms with van der Waals surface area (Å²) in [6, 6.07) is 0.893. The molecule has 3 heteroatoms. The molecular formula is C16H30N2S. The zero-order chi connectivity index (χ0) is 13.1. The van der Waals surface area contributed by atoms with E-state index < -0.39 is 0 Å². The average Bonchev–Trinajstić information content (AvgIpc) is 2.45. The number of hydrogen-bond donors (Lipinski definition) is 1. The third kappa shape index (κ3) is 3.30. The molecule has 2 heterocycles. The molecule has 1 saturated carbocycles. The lowest BCUT2D eigenvalue weighted by Crippen LogP contribution is -2.50. The monoisotopic (exact) mass is 282 g/mol. The minimum atomic E-state index is 0.584. The first-order chi connectivity index (χ1) is 9.31. The van der Waals surface area contributed by atoms with E-state index in [1.165, 1.54) is 84.1 Å². The highest BCUT2D eigenvalue weighted by atomic mass is 32.1. The van der Waals surface area contributed by atoms with Gasteiger partial charge in [0.15, 0.2) is 0 Å². The standard InChI is InChI=1S/C16H30N2S/c19-14-16(7-4-8-16)13-17-11-5-15(6-12-17)18-9-2-1-3-10-18/h15,19H,1-14H2. The van der Waals surface area contributed by atoms with Crippen molar-refractivity contribution in [3.63, 3.8) is 0 Å². The molecule has 0 amide bonds. The van der Waals surface area contributed by atoms with E-state index in [0.717, 1.165) is 11.8 Å². The topological polar surface area (TPSA) is 6.48 Å². The highest BCUT2D eigenvalue weighted by Crippen LogP contribution is 2.42. The van der Waals surface area contributed by atoms with Crippen LogP contribution < -0.4 is 0 Å². The van der Waals surface area contributed by atoms with Gasteiger partial charge in [0.25, 0.3) is 0 Å². The van der Waals surface area contributed by atoms with Crippen molar-refractivity contribution in [1.29, 1.82) is 0 Å². The summed E-state index contributed by atoms with van der Waals surface area (Å²) in [5.41, 5.74) is 0.584. The van der Waals surface area contributed by atoms with E-state index in [1.54, 1.807) is 0 Å². The second-order valence-corrected chi connectivity index (χ2v) is 7.43. The van der Waals surface area contributed by atoms with Gasteiger partial charge in [0.2, 0.25) is 0 Å². The predicted octanol–water partition coefficient (Wildman–Crippen LogP) is 3.04. The molecule has 0 spiro atoms. The molecule has 2 nitrogen and oxygen atoms in total. The molecule has 2 aliphatic heterocycles. The molecule has 2 saturated heterocycles. The molecule has 3 rings (SSSR count). The van der Waals surface area contributed by atoms with Crippen LogP contribution in [0, 0.1) is 5.41 Å². The van der Waals surface area contributed by atoms with Crippen LogP contribution in [0.1, 0.15) is 51.4 Å². The first kappa shape index (κ1) is 14.2. The summed E-state index contributed by atoms with van der Waals surface area (Å²) in [6.45, 7) is 6.72. The zero-order valence-corrected chi connectivity index (χ0v) is 13.2. The Morgan fingerprint density at radius 3 is 2.11 bits per heavy atom. The molecule has 0 radical (unpaired) electrons. The Hall–Kier alpha value is 0.270. The molecule has 0 aromatic heterocycles. The largest absolute Gasteiger partial charge is 0.303 e. The first-order valence-electron chi connectivity index (χ1n) is 8.39. The Bertz CT molecular complexity index is 271. The van der Waals surface area contributed by atoms with Gasteiger partial charge in [-0.2, -0.15) is 12.6 Å². The number of likely N-dealkylation sites (tertiary alicyclic amines) is 2. The van der Waals surface area contributed by atoms with Crippen molar-refractivity contribution in [2.75, 3.05) is 38.5 Å². The van der Waals surface area contributed by atoms with Crippen LogP contribution >= 0.6 is 12.6 Å². The van der Waals surface area contributed by atoms with Crippen LogP contribution in [0.3, 0.4) is 0 Å². The van der Waals surface area contributed by atoms with Crippen LogP contribution in [0.15, 0.2) is 0 Å². The second-order valence-electron chi connectivity index (χ2n) is 7.12. The Morgan fingerprint density at radius 2 is 1.58 bits per heavy atom. The van der Waals surface area contributed by atoms with Crippen LogP contribution in [-0.2, 0) is 0 Å². The summed E-state index contributed by atoms with van der Waals surface area (Å²) in [5.74, 6) is 1.10. The summed E-state index contributed by atoms with van der Waals surface area (Å²) in [7, 11) is 0. The van der Waals surface area contributed by atoms with Gasteiger partial charge in [-0.15, -0.1) is 0 Å². The maximum absolute atomic E-state index is 4.60. The molecule has 3 fully saturated rings. The molecule has 0 atom stereocenters. The van der Waals surface area contributed by atoms with Crippen molar-refractivity contribution < 1.29 is 0 Å². The van der Waals surface area contributed by atoms with Crippen molar-refractivity contribution in [3.05, 3.63) is 0 Å². The number of hydrogen-bond acceptors (Lipinski definition) is 3. The normalized spacial score (nSPS) is 30.2. The van der Waals surface area contributed by atoms with Gasteiger partial charge in [-0.1, -0.05) is 12.8 Å². The molecule has 0 aromatic carbocycles. The SMILES string of the molecule is SCC1(CN2CCC(N3CCCCC3)CC2)CCC1. The maximum atomic E-state index is 4.60. The van der Waals surface area contributed by atoms with Gasteiger partial charge in [-0.25, -0.2) is 0 Å². The molecule has 0 aromatic rings. The van der Waals surface area contributed by atoms with E-state index in [9.17, 15) is 0 Å². The van der Waals surface area contributed by atoms with Crippen molar-refractivity contribution in [2.45, 2.75) is 57.4 Å². The van der Waals surface area contributed by atoms with E-state index in [1.807, 2.05) is 0 Å². The number of piperidine rings is 2. The van der Waals surface area contributed by atoms with Gasteiger partial charge in [-0.3, -0.25) is 0 Å². The van der Waals surface area contributed by atoms with Gasteiger partial charge < -0.3 is 9.80 Å². The van der Waals surface area contributed by atoms with Crippen LogP contribution in [0.2, 0.25) is 0 Å². The van der Waals surface area contributed by atoms with E-state index >= 15 is 0 Å². The van der Waals surface area contributed by atoms with Gasteiger partial charge in [-0.05, 0) is 75.9 Å². The Morgan fingerprint density at radius 1 is 0.895 bits per heavy atom. The summed E-state index contributed by atoms with van der Waals surface area (Å²) in [6.07, 6.45) is 11.4. The Kier molecular flexibility index (Phi) is 4.76. The minimum absolute atomic E-state index is 0.584. The predicted molar refractivity (Wildman–Crippen MR) is 85.0 cm³/mol. The van der Waals surface area contributed by atoms with E-state index in [-0.39, 0.29) is 0 Å². The third-order valence-electron chi connectivity index (χ3n) is 5.77. The lowest BCUT2D eigenvalue weighted by molar-refractivity contribution is 0.0455.